The number of carbonyl (C=O) groups excluding carboxylic acids is 2. The lowest BCUT2D eigenvalue weighted by Crippen LogP contribution is -2.20. The number of nitrogens with one attached hydrogen (secondary N) is 1. The summed E-state index contributed by atoms with van der Waals surface area (Å²) in [5.74, 6) is 0.804. The van der Waals surface area contributed by atoms with Crippen molar-refractivity contribution in [3.63, 3.8) is 0 Å². The number of anilines is 1. The smallest absolute Gasteiger partial charge is 0.263 e. The number of Topliss-reactive ketones (excluding diaryl/α,β-unsaturated/α-hetero) is 1. The van der Waals surface area contributed by atoms with Crippen LogP contribution in [0.2, 0.25) is 0 Å². The molecule has 0 aliphatic heterocycles. The molecule has 1 amide bonds. The molecular formula is C22H19N3O3S. The Morgan fingerprint density at radius 3 is 2.66 bits per heavy atom. The summed E-state index contributed by atoms with van der Waals surface area (Å²) in [6.07, 6.45) is 1.75. The fraction of sp³-hybridized carbons (Fsp3) is 0.136. The van der Waals surface area contributed by atoms with Crippen LogP contribution in [-0.4, -0.2) is 28.1 Å². The van der Waals surface area contributed by atoms with Crippen molar-refractivity contribution in [2.45, 2.75) is 6.92 Å². The maximum atomic E-state index is 12.3. The third-order valence-electron chi connectivity index (χ3n) is 4.43. The highest BCUT2D eigenvalue weighted by molar-refractivity contribution is 7.17. The predicted molar refractivity (Wildman–Crippen MR) is 115 cm³/mol. The van der Waals surface area contributed by atoms with Crippen LogP contribution in [0.25, 0.3) is 21.2 Å². The molecule has 2 heterocycles. The van der Waals surface area contributed by atoms with Crippen molar-refractivity contribution in [2.24, 2.45) is 7.05 Å². The van der Waals surface area contributed by atoms with Gasteiger partial charge in [-0.25, -0.2) is 0 Å². The molecule has 2 aromatic heterocycles. The van der Waals surface area contributed by atoms with Gasteiger partial charge < -0.3 is 10.1 Å². The lowest BCUT2D eigenvalue weighted by Gasteiger charge is -2.13. The standard InChI is InChI=1S/C22H19N3O3S/c1-14(26)18-9-10-19(29-18)22-16-6-4-3-5-15(16)7-8-17(22)28-13-21(27)23-20-11-12-25(2)24-20/h3-12H,13H2,1-2H3,(H,23,24,27). The van der Waals surface area contributed by atoms with Gasteiger partial charge in [0.2, 0.25) is 0 Å². The van der Waals surface area contributed by atoms with Gasteiger partial charge in [0.15, 0.2) is 18.2 Å². The summed E-state index contributed by atoms with van der Waals surface area (Å²) in [6, 6.07) is 17.3. The topological polar surface area (TPSA) is 73.2 Å². The Balaban J connectivity index is 1.64. The summed E-state index contributed by atoms with van der Waals surface area (Å²) in [7, 11) is 1.78. The Morgan fingerprint density at radius 1 is 1.10 bits per heavy atom. The molecule has 29 heavy (non-hydrogen) atoms. The molecule has 146 valence electrons. The first-order valence-electron chi connectivity index (χ1n) is 9.06. The zero-order chi connectivity index (χ0) is 20.4. The first-order chi connectivity index (χ1) is 14.0. The number of aryl methyl sites for hydroxylation is 1. The summed E-state index contributed by atoms with van der Waals surface area (Å²) in [5.41, 5.74) is 0.881. The molecule has 0 saturated carbocycles. The minimum Gasteiger partial charge on any atom is -0.483 e. The highest BCUT2D eigenvalue weighted by Gasteiger charge is 2.16. The van der Waals surface area contributed by atoms with E-state index in [0.717, 1.165) is 21.2 Å². The van der Waals surface area contributed by atoms with Crippen LogP contribution in [0, 0.1) is 0 Å². The third kappa shape index (κ3) is 4.05. The van der Waals surface area contributed by atoms with Crippen molar-refractivity contribution in [2.75, 3.05) is 11.9 Å². The molecule has 4 rings (SSSR count). The molecule has 6 nitrogen and oxygen atoms in total. The highest BCUT2D eigenvalue weighted by Crippen LogP contribution is 2.40. The minimum absolute atomic E-state index is 0.0266. The number of ketones is 1. The van der Waals surface area contributed by atoms with Crippen LogP contribution >= 0.6 is 11.3 Å². The lowest BCUT2D eigenvalue weighted by atomic mass is 10.0. The summed E-state index contributed by atoms with van der Waals surface area (Å²) >= 11 is 1.42. The van der Waals surface area contributed by atoms with E-state index in [-0.39, 0.29) is 18.3 Å². The van der Waals surface area contributed by atoms with Crippen LogP contribution < -0.4 is 10.1 Å². The highest BCUT2D eigenvalue weighted by atomic mass is 32.1. The Kier molecular flexibility index (Phi) is 5.14. The number of benzene rings is 2. The van der Waals surface area contributed by atoms with Crippen molar-refractivity contribution in [1.29, 1.82) is 0 Å². The molecular weight excluding hydrogens is 386 g/mol. The van der Waals surface area contributed by atoms with Gasteiger partial charge in [0.1, 0.15) is 5.75 Å². The number of amides is 1. The second-order valence-corrected chi connectivity index (χ2v) is 7.68. The van der Waals surface area contributed by atoms with Gasteiger partial charge in [-0.15, -0.1) is 11.3 Å². The molecule has 0 fully saturated rings. The number of thiophene rings is 1. The Labute approximate surface area is 171 Å². The molecule has 0 saturated heterocycles. The van der Waals surface area contributed by atoms with Crippen molar-refractivity contribution in [3.05, 3.63) is 65.7 Å². The van der Waals surface area contributed by atoms with E-state index < -0.39 is 0 Å². The second kappa shape index (κ2) is 7.89. The van der Waals surface area contributed by atoms with E-state index in [2.05, 4.69) is 10.4 Å². The molecule has 2 aromatic carbocycles. The maximum Gasteiger partial charge on any atom is 0.263 e. The predicted octanol–water partition coefficient (Wildman–Crippen LogP) is 4.52. The Hall–Kier alpha value is -3.45. The SMILES string of the molecule is CC(=O)c1ccc(-c2c(OCC(=O)Nc3ccn(C)n3)ccc3ccccc23)s1. The van der Waals surface area contributed by atoms with E-state index in [1.807, 2.05) is 48.5 Å². The number of aromatic nitrogens is 2. The van der Waals surface area contributed by atoms with Gasteiger partial charge in [-0.3, -0.25) is 14.3 Å². The second-order valence-electron chi connectivity index (χ2n) is 6.59. The molecule has 1 N–H and O–H groups in total. The molecule has 0 bridgehead atoms. The lowest BCUT2D eigenvalue weighted by molar-refractivity contribution is -0.118. The molecule has 0 aliphatic carbocycles. The molecule has 0 spiro atoms. The minimum atomic E-state index is -0.293. The molecule has 0 radical (unpaired) electrons. The number of rotatable bonds is 6. The number of fused-ring (bicyclic) bond motifs is 1. The molecule has 0 unspecified atom stereocenters. The van der Waals surface area contributed by atoms with Gasteiger partial charge in [-0.05, 0) is 35.9 Å². The summed E-state index contributed by atoms with van der Waals surface area (Å²) in [6.45, 7) is 1.41. The number of carbonyl (C=O) groups is 2. The van der Waals surface area contributed by atoms with Crippen LogP contribution in [0.3, 0.4) is 0 Å². The monoisotopic (exact) mass is 405 g/mol. The zero-order valence-electron chi connectivity index (χ0n) is 16.0. The van der Waals surface area contributed by atoms with Crippen LogP contribution in [0.1, 0.15) is 16.6 Å². The van der Waals surface area contributed by atoms with E-state index in [9.17, 15) is 9.59 Å². The average Bonchev–Trinajstić information content (AvgIpc) is 3.35. The van der Waals surface area contributed by atoms with Crippen LogP contribution in [0.4, 0.5) is 5.82 Å². The van der Waals surface area contributed by atoms with Crippen molar-refractivity contribution < 1.29 is 14.3 Å². The molecule has 0 aliphatic rings. The third-order valence-corrected chi connectivity index (χ3v) is 5.63. The van der Waals surface area contributed by atoms with Gasteiger partial charge in [0, 0.05) is 29.8 Å². The van der Waals surface area contributed by atoms with Crippen molar-refractivity contribution in [1.82, 2.24) is 9.78 Å². The van der Waals surface area contributed by atoms with Crippen LogP contribution in [-0.2, 0) is 11.8 Å². The molecule has 7 heteroatoms. The number of hydrogen-bond donors (Lipinski definition) is 1. The van der Waals surface area contributed by atoms with Gasteiger partial charge >= 0.3 is 0 Å². The maximum absolute atomic E-state index is 12.3. The van der Waals surface area contributed by atoms with Gasteiger partial charge in [-0.1, -0.05) is 30.3 Å². The first kappa shape index (κ1) is 18.9. The largest absolute Gasteiger partial charge is 0.483 e. The summed E-state index contributed by atoms with van der Waals surface area (Å²) < 4.78 is 7.50. The Bertz CT molecular complexity index is 1210. The summed E-state index contributed by atoms with van der Waals surface area (Å²) in [5, 5.41) is 8.91. The van der Waals surface area contributed by atoms with Crippen LogP contribution in [0.5, 0.6) is 5.75 Å². The van der Waals surface area contributed by atoms with E-state index in [0.29, 0.717) is 16.4 Å². The quantitative estimate of drug-likeness (QED) is 0.479. The van der Waals surface area contributed by atoms with Crippen molar-refractivity contribution in [3.8, 4) is 16.2 Å². The number of nitrogens with zero attached hydrogens (tertiary/aromatic N) is 2. The zero-order valence-corrected chi connectivity index (χ0v) is 16.8. The van der Waals surface area contributed by atoms with Crippen molar-refractivity contribution >= 4 is 39.6 Å². The molecule has 0 atom stereocenters. The summed E-state index contributed by atoms with van der Waals surface area (Å²) in [4.78, 5) is 25.6. The Morgan fingerprint density at radius 2 is 1.93 bits per heavy atom. The first-order valence-corrected chi connectivity index (χ1v) is 9.88. The van der Waals surface area contributed by atoms with E-state index in [4.69, 9.17) is 4.74 Å². The number of hydrogen-bond acceptors (Lipinski definition) is 5. The van der Waals surface area contributed by atoms with Gasteiger partial charge in [0.25, 0.3) is 5.91 Å². The van der Waals surface area contributed by atoms with E-state index >= 15 is 0 Å². The average molecular weight is 405 g/mol. The number of ether oxygens (including phenoxy) is 1. The fourth-order valence-electron chi connectivity index (χ4n) is 3.09. The van der Waals surface area contributed by atoms with Crippen LogP contribution in [0.15, 0.2) is 60.8 Å². The van der Waals surface area contributed by atoms with Gasteiger partial charge in [0.05, 0.1) is 4.88 Å². The fourth-order valence-corrected chi connectivity index (χ4v) is 4.06. The van der Waals surface area contributed by atoms with Gasteiger partial charge in [-0.2, -0.15) is 5.10 Å². The van der Waals surface area contributed by atoms with E-state index in [1.54, 1.807) is 30.9 Å². The molecule has 4 aromatic rings. The van der Waals surface area contributed by atoms with E-state index in [1.165, 1.54) is 11.3 Å². The normalized spacial score (nSPS) is 10.8.